The first-order valence-electron chi connectivity index (χ1n) is 8.39. The second-order valence-electron chi connectivity index (χ2n) is 6.11. The van der Waals surface area contributed by atoms with Crippen LogP contribution < -0.4 is 15.8 Å². The molecule has 0 saturated carbocycles. The number of hydrogen-bond acceptors (Lipinski definition) is 4. The van der Waals surface area contributed by atoms with Gasteiger partial charge in [-0.2, -0.15) is 0 Å². The molecule has 2 rings (SSSR count). The van der Waals surface area contributed by atoms with E-state index in [0.29, 0.717) is 22.5 Å². The Hall–Kier alpha value is -1.94. The molecule has 0 radical (unpaired) electrons. The average Bonchev–Trinajstić information content (AvgIpc) is 2.54. The van der Waals surface area contributed by atoms with Gasteiger partial charge in [0.2, 0.25) is 5.88 Å². The van der Waals surface area contributed by atoms with Gasteiger partial charge in [0, 0.05) is 17.8 Å². The second-order valence-corrected chi connectivity index (χ2v) is 6.55. The van der Waals surface area contributed by atoms with E-state index in [1.54, 1.807) is 6.20 Å². The molecule has 4 nitrogen and oxygen atoms in total. The van der Waals surface area contributed by atoms with Crippen LogP contribution in [0.15, 0.2) is 24.4 Å². The Balaban J connectivity index is 2.22. The lowest BCUT2D eigenvalue weighted by molar-refractivity contribution is 0.458. The molecule has 0 amide bonds. The summed E-state index contributed by atoms with van der Waals surface area (Å²) in [4.78, 5) is 4.29. The quantitative estimate of drug-likeness (QED) is 0.686. The number of ether oxygens (including phenoxy) is 1. The molecule has 2 aromatic rings. The molecule has 1 aromatic carbocycles. The third-order valence-corrected chi connectivity index (χ3v) is 4.53. The number of halogens is 1. The van der Waals surface area contributed by atoms with Crippen molar-refractivity contribution in [3.05, 3.63) is 40.5 Å². The molecule has 0 aliphatic rings. The van der Waals surface area contributed by atoms with Gasteiger partial charge >= 0.3 is 0 Å². The fourth-order valence-corrected chi connectivity index (χ4v) is 3.00. The highest BCUT2D eigenvalue weighted by Crippen LogP contribution is 2.35. The van der Waals surface area contributed by atoms with Crippen LogP contribution in [0.25, 0.3) is 0 Å². The monoisotopic (exact) mass is 347 g/mol. The van der Waals surface area contributed by atoms with Crippen LogP contribution in [-0.2, 0) is 0 Å². The first-order valence-corrected chi connectivity index (χ1v) is 8.76. The number of nitrogens with zero attached hydrogens (tertiary/aromatic N) is 1. The first kappa shape index (κ1) is 18.4. The number of anilines is 2. The van der Waals surface area contributed by atoms with Crippen LogP contribution in [0.5, 0.6) is 11.6 Å². The molecule has 130 valence electrons. The van der Waals surface area contributed by atoms with E-state index < -0.39 is 0 Å². The van der Waals surface area contributed by atoms with E-state index in [9.17, 15) is 0 Å². The summed E-state index contributed by atoms with van der Waals surface area (Å²) in [5, 5.41) is 4.11. The smallest absolute Gasteiger partial charge is 0.244 e. The van der Waals surface area contributed by atoms with Gasteiger partial charge in [0.05, 0.1) is 5.69 Å². The maximum atomic E-state index is 6.25. The highest BCUT2D eigenvalue weighted by molar-refractivity contribution is 6.30. The summed E-state index contributed by atoms with van der Waals surface area (Å²) in [5.74, 6) is 1.79. The van der Waals surface area contributed by atoms with Crippen LogP contribution in [0, 0.1) is 19.8 Å². The van der Waals surface area contributed by atoms with Gasteiger partial charge in [-0.25, -0.2) is 4.98 Å². The molecule has 0 bridgehead atoms. The minimum absolute atomic E-state index is 0.415. The van der Waals surface area contributed by atoms with Gasteiger partial charge in [0.25, 0.3) is 0 Å². The van der Waals surface area contributed by atoms with E-state index in [4.69, 9.17) is 22.1 Å². The van der Waals surface area contributed by atoms with Crippen molar-refractivity contribution < 1.29 is 4.74 Å². The molecule has 0 aliphatic heterocycles. The Morgan fingerprint density at radius 2 is 1.83 bits per heavy atom. The lowest BCUT2D eigenvalue weighted by Crippen LogP contribution is -2.14. The normalized spacial score (nSPS) is 10.9. The SMILES string of the molecule is CCC(CC)CNc1ccnc(Oc2c(C)cc(Cl)cc2C)c1N. The molecule has 1 heterocycles. The third-order valence-electron chi connectivity index (χ3n) is 4.31. The molecule has 0 unspecified atom stereocenters. The van der Waals surface area contributed by atoms with Gasteiger partial charge in [-0.05, 0) is 49.1 Å². The summed E-state index contributed by atoms with van der Waals surface area (Å²) in [6.07, 6.45) is 3.99. The van der Waals surface area contributed by atoms with Crippen molar-refractivity contribution in [2.24, 2.45) is 5.92 Å². The Kier molecular flexibility index (Phi) is 6.32. The highest BCUT2D eigenvalue weighted by atomic mass is 35.5. The average molecular weight is 348 g/mol. The van der Waals surface area contributed by atoms with E-state index in [1.165, 1.54) is 0 Å². The summed E-state index contributed by atoms with van der Waals surface area (Å²) in [7, 11) is 0. The maximum Gasteiger partial charge on any atom is 0.244 e. The van der Waals surface area contributed by atoms with Crippen molar-refractivity contribution in [1.29, 1.82) is 0 Å². The number of aromatic nitrogens is 1. The lowest BCUT2D eigenvalue weighted by Gasteiger charge is -2.17. The highest BCUT2D eigenvalue weighted by Gasteiger charge is 2.13. The van der Waals surface area contributed by atoms with Crippen molar-refractivity contribution in [2.45, 2.75) is 40.5 Å². The molecule has 0 atom stereocenters. The Labute approximate surface area is 149 Å². The molecular formula is C19H26ClN3O. The predicted octanol–water partition coefficient (Wildman–Crippen LogP) is 5.57. The zero-order chi connectivity index (χ0) is 17.7. The van der Waals surface area contributed by atoms with Crippen molar-refractivity contribution >= 4 is 23.0 Å². The van der Waals surface area contributed by atoms with E-state index in [2.05, 4.69) is 24.1 Å². The van der Waals surface area contributed by atoms with Crippen molar-refractivity contribution in [3.8, 4) is 11.6 Å². The first-order chi connectivity index (χ1) is 11.5. The van der Waals surface area contributed by atoms with E-state index in [1.807, 2.05) is 32.0 Å². The van der Waals surface area contributed by atoms with Crippen LogP contribution >= 0.6 is 11.6 Å². The fourth-order valence-electron chi connectivity index (χ4n) is 2.68. The number of benzene rings is 1. The molecule has 0 saturated heterocycles. The number of nitrogens with two attached hydrogens (primary N) is 1. The molecule has 0 aliphatic carbocycles. The number of nitrogen functional groups attached to an aromatic ring is 1. The summed E-state index contributed by atoms with van der Waals surface area (Å²) in [6, 6.07) is 5.62. The number of hydrogen-bond donors (Lipinski definition) is 2. The number of pyridine rings is 1. The summed E-state index contributed by atoms with van der Waals surface area (Å²) < 4.78 is 5.99. The maximum absolute atomic E-state index is 6.25. The second kappa shape index (κ2) is 8.25. The largest absolute Gasteiger partial charge is 0.436 e. The third kappa shape index (κ3) is 4.32. The number of rotatable bonds is 7. The van der Waals surface area contributed by atoms with Crippen molar-refractivity contribution in [3.63, 3.8) is 0 Å². The summed E-state index contributed by atoms with van der Waals surface area (Å²) >= 11 is 6.07. The number of aryl methyl sites for hydroxylation is 2. The Morgan fingerprint density at radius 1 is 1.21 bits per heavy atom. The van der Waals surface area contributed by atoms with Crippen LogP contribution in [0.2, 0.25) is 5.02 Å². The van der Waals surface area contributed by atoms with E-state index >= 15 is 0 Å². The lowest BCUT2D eigenvalue weighted by atomic mass is 10.0. The molecule has 1 aromatic heterocycles. The zero-order valence-corrected chi connectivity index (χ0v) is 15.6. The van der Waals surface area contributed by atoms with Crippen LogP contribution in [0.1, 0.15) is 37.8 Å². The van der Waals surface area contributed by atoms with Crippen molar-refractivity contribution in [1.82, 2.24) is 4.98 Å². The Morgan fingerprint density at radius 3 is 2.42 bits per heavy atom. The molecule has 24 heavy (non-hydrogen) atoms. The van der Waals surface area contributed by atoms with Gasteiger partial charge in [0.1, 0.15) is 11.4 Å². The van der Waals surface area contributed by atoms with E-state index in [0.717, 1.165) is 42.0 Å². The summed E-state index contributed by atoms with van der Waals surface area (Å²) in [5.41, 5.74) is 9.55. The van der Waals surface area contributed by atoms with Gasteiger partial charge in [-0.15, -0.1) is 0 Å². The minimum atomic E-state index is 0.415. The number of nitrogens with one attached hydrogen (secondary N) is 1. The molecule has 0 spiro atoms. The van der Waals surface area contributed by atoms with Gasteiger partial charge in [0.15, 0.2) is 0 Å². The van der Waals surface area contributed by atoms with Crippen LogP contribution in [0.4, 0.5) is 11.4 Å². The van der Waals surface area contributed by atoms with Crippen LogP contribution in [-0.4, -0.2) is 11.5 Å². The Bertz CT molecular complexity index is 676. The van der Waals surface area contributed by atoms with Gasteiger partial charge in [-0.3, -0.25) is 0 Å². The van der Waals surface area contributed by atoms with Crippen LogP contribution in [0.3, 0.4) is 0 Å². The molecular weight excluding hydrogens is 322 g/mol. The topological polar surface area (TPSA) is 60.2 Å². The molecule has 0 fully saturated rings. The predicted molar refractivity (Wildman–Crippen MR) is 102 cm³/mol. The van der Waals surface area contributed by atoms with Crippen molar-refractivity contribution in [2.75, 3.05) is 17.6 Å². The van der Waals surface area contributed by atoms with E-state index in [-0.39, 0.29) is 0 Å². The zero-order valence-electron chi connectivity index (χ0n) is 14.8. The van der Waals surface area contributed by atoms with Gasteiger partial charge in [-0.1, -0.05) is 38.3 Å². The fraction of sp³-hybridized carbons (Fsp3) is 0.421. The molecule has 5 heteroatoms. The summed E-state index contributed by atoms with van der Waals surface area (Å²) in [6.45, 7) is 9.21. The minimum Gasteiger partial charge on any atom is -0.436 e. The molecule has 3 N–H and O–H groups in total. The standard InChI is InChI=1S/C19H26ClN3O/c1-5-14(6-2)11-23-16-7-8-22-19(17(16)21)24-18-12(3)9-15(20)10-13(18)4/h7-10,14H,5-6,11,21H2,1-4H3,(H,22,23). The van der Waals surface area contributed by atoms with Gasteiger partial charge < -0.3 is 15.8 Å².